The lowest BCUT2D eigenvalue weighted by Crippen LogP contribution is -2.21. The van der Waals surface area contributed by atoms with Crippen LogP contribution in [-0.4, -0.2) is 6.54 Å². The van der Waals surface area contributed by atoms with Gasteiger partial charge in [-0.2, -0.15) is 0 Å². The van der Waals surface area contributed by atoms with E-state index in [1.54, 1.807) is 0 Å². The molecule has 3 heteroatoms. The van der Waals surface area contributed by atoms with Crippen LogP contribution in [0.4, 0.5) is 0 Å². The van der Waals surface area contributed by atoms with Crippen molar-refractivity contribution in [3.63, 3.8) is 0 Å². The van der Waals surface area contributed by atoms with E-state index in [2.05, 4.69) is 50.5 Å². The second-order valence-electron chi connectivity index (χ2n) is 4.33. The zero-order valence-electron chi connectivity index (χ0n) is 10.8. The van der Waals surface area contributed by atoms with Crippen LogP contribution in [0, 0.1) is 20.8 Å². The third kappa shape index (κ3) is 2.62. The summed E-state index contributed by atoms with van der Waals surface area (Å²) in [7, 11) is 0. The van der Waals surface area contributed by atoms with E-state index in [1.165, 1.54) is 25.8 Å². The summed E-state index contributed by atoms with van der Waals surface area (Å²) in [5.74, 6) is 0. The monoisotopic (exact) mass is 265 g/mol. The van der Waals surface area contributed by atoms with E-state index >= 15 is 0 Å². The van der Waals surface area contributed by atoms with Crippen LogP contribution in [0.25, 0.3) is 0 Å². The molecule has 1 unspecified atom stereocenters. The molecule has 1 N–H and O–H groups in total. The summed E-state index contributed by atoms with van der Waals surface area (Å²) in [6.45, 7) is 9.78. The van der Waals surface area contributed by atoms with Crippen LogP contribution in [0.3, 0.4) is 0 Å². The van der Waals surface area contributed by atoms with Crippen molar-refractivity contribution in [3.8, 4) is 0 Å². The highest BCUT2D eigenvalue weighted by atomic mass is 32.1. The van der Waals surface area contributed by atoms with E-state index in [1.807, 2.05) is 22.7 Å². The van der Waals surface area contributed by atoms with Crippen LogP contribution in [0.15, 0.2) is 17.5 Å². The zero-order valence-corrected chi connectivity index (χ0v) is 12.5. The van der Waals surface area contributed by atoms with Gasteiger partial charge < -0.3 is 5.32 Å². The van der Waals surface area contributed by atoms with E-state index in [0.29, 0.717) is 6.04 Å². The van der Waals surface area contributed by atoms with Crippen LogP contribution in [0.1, 0.15) is 38.7 Å². The number of rotatable bonds is 4. The summed E-state index contributed by atoms with van der Waals surface area (Å²) in [4.78, 5) is 4.28. The Morgan fingerprint density at radius 1 is 1.29 bits per heavy atom. The topological polar surface area (TPSA) is 12.0 Å². The Hall–Kier alpha value is -0.640. The molecule has 0 aliphatic heterocycles. The Labute approximate surface area is 112 Å². The van der Waals surface area contributed by atoms with Gasteiger partial charge in [0.15, 0.2) is 0 Å². The molecule has 0 amide bonds. The van der Waals surface area contributed by atoms with Crippen molar-refractivity contribution in [1.82, 2.24) is 5.32 Å². The number of nitrogens with one attached hydrogen (secondary N) is 1. The maximum atomic E-state index is 3.61. The van der Waals surface area contributed by atoms with Gasteiger partial charge in [0, 0.05) is 14.6 Å². The number of aryl methyl sites for hydroxylation is 3. The molecule has 0 spiro atoms. The second-order valence-corrected chi connectivity index (χ2v) is 6.74. The van der Waals surface area contributed by atoms with Gasteiger partial charge in [-0.15, -0.1) is 22.7 Å². The largest absolute Gasteiger partial charge is 0.306 e. The first-order valence-corrected chi connectivity index (χ1v) is 7.67. The van der Waals surface area contributed by atoms with Crippen LogP contribution in [-0.2, 0) is 0 Å². The first kappa shape index (κ1) is 12.8. The minimum atomic E-state index is 0.366. The van der Waals surface area contributed by atoms with E-state index in [4.69, 9.17) is 0 Å². The third-order valence-corrected chi connectivity index (χ3v) is 5.03. The van der Waals surface area contributed by atoms with Crippen LogP contribution >= 0.6 is 22.7 Å². The average Bonchev–Trinajstić information content (AvgIpc) is 2.82. The first-order chi connectivity index (χ1) is 8.13. The molecule has 0 aromatic carbocycles. The van der Waals surface area contributed by atoms with Crippen LogP contribution < -0.4 is 5.32 Å². The molecule has 2 aromatic heterocycles. The van der Waals surface area contributed by atoms with Crippen molar-refractivity contribution in [1.29, 1.82) is 0 Å². The predicted molar refractivity (Wildman–Crippen MR) is 78.4 cm³/mol. The Morgan fingerprint density at radius 3 is 2.53 bits per heavy atom. The lowest BCUT2D eigenvalue weighted by Gasteiger charge is -2.18. The molecule has 0 aliphatic carbocycles. The van der Waals surface area contributed by atoms with Crippen molar-refractivity contribution < 1.29 is 0 Å². The molecular formula is C14H19NS2. The van der Waals surface area contributed by atoms with E-state index in [9.17, 15) is 0 Å². The summed E-state index contributed by atoms with van der Waals surface area (Å²) in [5.41, 5.74) is 2.84. The molecule has 1 nitrogen and oxygen atoms in total. The van der Waals surface area contributed by atoms with Gasteiger partial charge in [0.2, 0.25) is 0 Å². The molecule has 0 bridgehead atoms. The van der Waals surface area contributed by atoms with Crippen molar-refractivity contribution in [2.75, 3.05) is 6.54 Å². The lowest BCUT2D eigenvalue weighted by atomic mass is 10.0. The molecular weight excluding hydrogens is 246 g/mol. The summed E-state index contributed by atoms with van der Waals surface area (Å²) in [6.07, 6.45) is 0. The fourth-order valence-electron chi connectivity index (χ4n) is 2.17. The average molecular weight is 265 g/mol. The molecule has 92 valence electrons. The second kappa shape index (κ2) is 5.34. The smallest absolute Gasteiger partial charge is 0.0684 e. The van der Waals surface area contributed by atoms with Gasteiger partial charge in [0.1, 0.15) is 0 Å². The van der Waals surface area contributed by atoms with Gasteiger partial charge in [-0.1, -0.05) is 6.92 Å². The summed E-state index contributed by atoms with van der Waals surface area (Å²) in [6, 6.07) is 4.90. The third-order valence-electron chi connectivity index (χ3n) is 2.96. The molecule has 0 aliphatic rings. The first-order valence-electron chi connectivity index (χ1n) is 5.97. The van der Waals surface area contributed by atoms with Gasteiger partial charge in [-0.3, -0.25) is 0 Å². The molecule has 0 saturated carbocycles. The van der Waals surface area contributed by atoms with Gasteiger partial charge in [0.25, 0.3) is 0 Å². The molecule has 0 saturated heterocycles. The van der Waals surface area contributed by atoms with Gasteiger partial charge in [-0.25, -0.2) is 0 Å². The van der Waals surface area contributed by atoms with Crippen LogP contribution in [0.2, 0.25) is 0 Å². The fraction of sp³-hybridized carbons (Fsp3) is 0.429. The van der Waals surface area contributed by atoms with Crippen LogP contribution in [0.5, 0.6) is 0 Å². The quantitative estimate of drug-likeness (QED) is 0.862. The molecule has 0 fully saturated rings. The standard InChI is InChI=1S/C14H19NS2/c1-5-15-13(14-9(2)6-7-16-14)12-8-10(3)17-11(12)4/h6-8,13,15H,5H2,1-4H3. The Morgan fingerprint density at radius 2 is 2.06 bits per heavy atom. The Kier molecular flexibility index (Phi) is 4.02. The maximum Gasteiger partial charge on any atom is 0.0684 e. The Bertz CT molecular complexity index is 496. The van der Waals surface area contributed by atoms with Gasteiger partial charge >= 0.3 is 0 Å². The van der Waals surface area contributed by atoms with Crippen molar-refractivity contribution in [2.45, 2.75) is 33.7 Å². The minimum Gasteiger partial charge on any atom is -0.306 e. The van der Waals surface area contributed by atoms with E-state index in [0.717, 1.165) is 6.54 Å². The minimum absolute atomic E-state index is 0.366. The number of thiophene rings is 2. The molecule has 2 rings (SSSR count). The van der Waals surface area contributed by atoms with Gasteiger partial charge in [-0.05, 0) is 56.0 Å². The highest BCUT2D eigenvalue weighted by molar-refractivity contribution is 7.12. The fourth-order valence-corrected chi connectivity index (χ4v) is 4.15. The SMILES string of the molecule is CCNC(c1cc(C)sc1C)c1sccc1C. The molecule has 17 heavy (non-hydrogen) atoms. The highest BCUT2D eigenvalue weighted by Gasteiger charge is 2.19. The van der Waals surface area contributed by atoms with Crippen molar-refractivity contribution >= 4 is 22.7 Å². The molecule has 2 heterocycles. The zero-order chi connectivity index (χ0) is 12.4. The number of hydrogen-bond donors (Lipinski definition) is 1. The normalized spacial score (nSPS) is 12.9. The summed E-state index contributed by atoms with van der Waals surface area (Å²) in [5, 5.41) is 5.80. The van der Waals surface area contributed by atoms with E-state index in [-0.39, 0.29) is 0 Å². The van der Waals surface area contributed by atoms with E-state index < -0.39 is 0 Å². The summed E-state index contributed by atoms with van der Waals surface area (Å²) >= 11 is 3.74. The molecule has 2 aromatic rings. The summed E-state index contributed by atoms with van der Waals surface area (Å²) < 4.78 is 0. The van der Waals surface area contributed by atoms with Crippen molar-refractivity contribution in [3.05, 3.63) is 43.3 Å². The predicted octanol–water partition coefficient (Wildman–Crippen LogP) is 4.43. The lowest BCUT2D eigenvalue weighted by molar-refractivity contribution is 0.636. The Balaban J connectivity index is 2.42. The highest BCUT2D eigenvalue weighted by Crippen LogP contribution is 2.34. The molecule has 0 radical (unpaired) electrons. The molecule has 1 atom stereocenters. The van der Waals surface area contributed by atoms with Gasteiger partial charge in [0.05, 0.1) is 6.04 Å². The number of hydrogen-bond acceptors (Lipinski definition) is 3. The van der Waals surface area contributed by atoms with Crippen molar-refractivity contribution in [2.24, 2.45) is 0 Å². The maximum absolute atomic E-state index is 3.61.